The average Bonchev–Trinajstić information content (AvgIpc) is 2.69. The van der Waals surface area contributed by atoms with Crippen molar-refractivity contribution in [3.05, 3.63) is 24.3 Å². The van der Waals surface area contributed by atoms with E-state index in [0.29, 0.717) is 5.13 Å². The summed E-state index contributed by atoms with van der Waals surface area (Å²) in [6, 6.07) is 7.60. The molecule has 0 aliphatic heterocycles. The second kappa shape index (κ2) is 4.59. The molecule has 1 heterocycles. The van der Waals surface area contributed by atoms with Crippen molar-refractivity contribution in [3.8, 4) is 0 Å². The van der Waals surface area contributed by atoms with Gasteiger partial charge in [0.2, 0.25) is 5.91 Å². The molecule has 16 heavy (non-hydrogen) atoms. The molecule has 0 saturated heterocycles. The lowest BCUT2D eigenvalue weighted by atomic mass is 10.3. The summed E-state index contributed by atoms with van der Waals surface area (Å²) in [5.74, 6) is -0.0680. The summed E-state index contributed by atoms with van der Waals surface area (Å²) >= 11 is 1.48. The normalized spacial score (nSPS) is 12.6. The Morgan fingerprint density at radius 3 is 2.88 bits per heavy atom. The number of nitrogens with zero attached hydrogens (tertiary/aromatic N) is 1. The van der Waals surface area contributed by atoms with Crippen molar-refractivity contribution in [1.82, 2.24) is 10.3 Å². The number of likely N-dealkylation sites (N-methyl/N-ethyl adjacent to an activating group) is 1. The molecule has 1 aromatic heterocycles. The fourth-order valence-electron chi connectivity index (χ4n) is 1.27. The molecular formula is C11H13N3OS. The maximum Gasteiger partial charge on any atom is 0.242 e. The molecule has 0 aliphatic rings. The highest BCUT2D eigenvalue weighted by molar-refractivity contribution is 7.22. The van der Waals surface area contributed by atoms with E-state index in [2.05, 4.69) is 15.6 Å². The predicted octanol–water partition coefficient (Wildman–Crippen LogP) is 1.84. The van der Waals surface area contributed by atoms with Gasteiger partial charge in [-0.15, -0.1) is 0 Å². The second-order valence-corrected chi connectivity index (χ2v) is 4.52. The van der Waals surface area contributed by atoms with E-state index in [1.807, 2.05) is 31.2 Å². The van der Waals surface area contributed by atoms with Gasteiger partial charge in [-0.05, 0) is 26.1 Å². The number of hydrogen-bond donors (Lipinski definition) is 2. The molecule has 5 heteroatoms. The van der Waals surface area contributed by atoms with Crippen LogP contribution in [-0.2, 0) is 4.79 Å². The molecule has 1 amide bonds. The smallest absolute Gasteiger partial charge is 0.242 e. The van der Waals surface area contributed by atoms with E-state index in [1.165, 1.54) is 11.3 Å². The Morgan fingerprint density at radius 2 is 2.19 bits per heavy atom. The van der Waals surface area contributed by atoms with Crippen molar-refractivity contribution in [1.29, 1.82) is 0 Å². The zero-order valence-corrected chi connectivity index (χ0v) is 9.97. The van der Waals surface area contributed by atoms with Gasteiger partial charge in [-0.3, -0.25) is 4.79 Å². The van der Waals surface area contributed by atoms with Crippen molar-refractivity contribution in [2.24, 2.45) is 0 Å². The number of carbonyl (C=O) groups excluding carboxylic acids is 1. The number of carbonyl (C=O) groups is 1. The third-order valence-electron chi connectivity index (χ3n) is 2.35. The van der Waals surface area contributed by atoms with Crippen LogP contribution < -0.4 is 10.6 Å². The summed E-state index contributed by atoms with van der Waals surface area (Å²) in [7, 11) is 1.75. The van der Waals surface area contributed by atoms with E-state index in [9.17, 15) is 4.79 Å². The molecule has 0 bridgehead atoms. The Kier molecular flexibility index (Phi) is 3.17. The molecule has 84 valence electrons. The summed E-state index contributed by atoms with van der Waals surface area (Å²) in [4.78, 5) is 15.9. The summed E-state index contributed by atoms with van der Waals surface area (Å²) in [5, 5.41) is 6.32. The molecule has 4 nitrogen and oxygen atoms in total. The van der Waals surface area contributed by atoms with Crippen molar-refractivity contribution >= 4 is 32.6 Å². The van der Waals surface area contributed by atoms with Gasteiger partial charge in [0.05, 0.1) is 16.3 Å². The number of rotatable bonds is 3. The minimum Gasteiger partial charge on any atom is -0.309 e. The van der Waals surface area contributed by atoms with Crippen LogP contribution in [0.25, 0.3) is 10.2 Å². The molecule has 2 N–H and O–H groups in total. The molecule has 2 aromatic rings. The number of hydrogen-bond acceptors (Lipinski definition) is 4. The topological polar surface area (TPSA) is 54.0 Å². The number of nitrogens with one attached hydrogen (secondary N) is 2. The molecule has 1 aromatic carbocycles. The van der Waals surface area contributed by atoms with Gasteiger partial charge in [-0.2, -0.15) is 0 Å². The SMILES string of the molecule is CNC(C)C(=O)Nc1nc2ccccc2s1. The third-order valence-corrected chi connectivity index (χ3v) is 3.30. The van der Waals surface area contributed by atoms with Crippen LogP contribution >= 0.6 is 11.3 Å². The van der Waals surface area contributed by atoms with Gasteiger partial charge in [-0.1, -0.05) is 23.5 Å². The van der Waals surface area contributed by atoms with Gasteiger partial charge in [0.15, 0.2) is 5.13 Å². The Bertz CT molecular complexity index is 476. The summed E-state index contributed by atoms with van der Waals surface area (Å²) in [5.41, 5.74) is 0.917. The number of anilines is 1. The van der Waals surface area contributed by atoms with Gasteiger partial charge < -0.3 is 10.6 Å². The fraction of sp³-hybridized carbons (Fsp3) is 0.273. The third kappa shape index (κ3) is 2.20. The Morgan fingerprint density at radius 1 is 1.44 bits per heavy atom. The predicted molar refractivity (Wildman–Crippen MR) is 66.8 cm³/mol. The number of benzene rings is 1. The number of thiazole rings is 1. The molecule has 0 fully saturated rings. The van der Waals surface area contributed by atoms with E-state index in [-0.39, 0.29) is 11.9 Å². The van der Waals surface area contributed by atoms with Crippen molar-refractivity contribution < 1.29 is 4.79 Å². The van der Waals surface area contributed by atoms with E-state index >= 15 is 0 Å². The first kappa shape index (κ1) is 11.0. The highest BCUT2D eigenvalue weighted by atomic mass is 32.1. The van der Waals surface area contributed by atoms with E-state index in [4.69, 9.17) is 0 Å². The van der Waals surface area contributed by atoms with Crippen LogP contribution in [0.5, 0.6) is 0 Å². The van der Waals surface area contributed by atoms with Crippen LogP contribution in [0, 0.1) is 0 Å². The van der Waals surface area contributed by atoms with Crippen LogP contribution in [0.1, 0.15) is 6.92 Å². The minimum atomic E-state index is -0.216. The lowest BCUT2D eigenvalue weighted by molar-refractivity contribution is -0.117. The fourth-order valence-corrected chi connectivity index (χ4v) is 2.14. The van der Waals surface area contributed by atoms with Crippen molar-refractivity contribution in [3.63, 3.8) is 0 Å². The van der Waals surface area contributed by atoms with Gasteiger partial charge >= 0.3 is 0 Å². The van der Waals surface area contributed by atoms with Crippen LogP contribution in [-0.4, -0.2) is 24.0 Å². The molecule has 0 saturated carbocycles. The Labute approximate surface area is 97.7 Å². The molecule has 1 atom stereocenters. The molecule has 1 unspecified atom stereocenters. The van der Waals surface area contributed by atoms with Crippen LogP contribution in [0.2, 0.25) is 0 Å². The number of para-hydroxylation sites is 1. The number of fused-ring (bicyclic) bond motifs is 1. The van der Waals surface area contributed by atoms with Crippen LogP contribution in [0.3, 0.4) is 0 Å². The van der Waals surface area contributed by atoms with Gasteiger partial charge in [0.1, 0.15) is 0 Å². The van der Waals surface area contributed by atoms with Gasteiger partial charge in [0, 0.05) is 0 Å². The molecule has 0 spiro atoms. The number of amides is 1. The Balaban J connectivity index is 2.18. The summed E-state index contributed by atoms with van der Waals surface area (Å²) < 4.78 is 1.08. The molecule has 2 rings (SSSR count). The average molecular weight is 235 g/mol. The largest absolute Gasteiger partial charge is 0.309 e. The maximum atomic E-state index is 11.6. The molecule has 0 radical (unpaired) electrons. The number of aromatic nitrogens is 1. The summed E-state index contributed by atoms with van der Waals surface area (Å²) in [6.07, 6.45) is 0. The highest BCUT2D eigenvalue weighted by Gasteiger charge is 2.12. The second-order valence-electron chi connectivity index (χ2n) is 3.49. The first-order valence-corrected chi connectivity index (χ1v) is 5.86. The maximum absolute atomic E-state index is 11.6. The zero-order valence-electron chi connectivity index (χ0n) is 9.15. The van der Waals surface area contributed by atoms with Crippen LogP contribution in [0.4, 0.5) is 5.13 Å². The van der Waals surface area contributed by atoms with E-state index in [1.54, 1.807) is 7.05 Å². The van der Waals surface area contributed by atoms with Crippen molar-refractivity contribution in [2.75, 3.05) is 12.4 Å². The molecular weight excluding hydrogens is 222 g/mol. The van der Waals surface area contributed by atoms with E-state index < -0.39 is 0 Å². The monoisotopic (exact) mass is 235 g/mol. The standard InChI is InChI=1S/C11H13N3OS/c1-7(12-2)10(15)14-11-13-8-5-3-4-6-9(8)16-11/h3-7,12H,1-2H3,(H,13,14,15). The van der Waals surface area contributed by atoms with Gasteiger partial charge in [0.25, 0.3) is 0 Å². The molecule has 0 aliphatic carbocycles. The lowest BCUT2D eigenvalue weighted by Gasteiger charge is -2.08. The lowest BCUT2D eigenvalue weighted by Crippen LogP contribution is -2.35. The first-order valence-electron chi connectivity index (χ1n) is 5.04. The highest BCUT2D eigenvalue weighted by Crippen LogP contribution is 2.25. The zero-order chi connectivity index (χ0) is 11.5. The van der Waals surface area contributed by atoms with Gasteiger partial charge in [-0.25, -0.2) is 4.98 Å². The van der Waals surface area contributed by atoms with E-state index in [0.717, 1.165) is 10.2 Å². The summed E-state index contributed by atoms with van der Waals surface area (Å²) in [6.45, 7) is 1.81. The quantitative estimate of drug-likeness (QED) is 0.853. The van der Waals surface area contributed by atoms with Crippen LogP contribution in [0.15, 0.2) is 24.3 Å². The Hall–Kier alpha value is -1.46. The minimum absolute atomic E-state index is 0.0680. The van der Waals surface area contributed by atoms with Crippen molar-refractivity contribution in [2.45, 2.75) is 13.0 Å². The first-order chi connectivity index (χ1) is 7.70.